The van der Waals surface area contributed by atoms with E-state index in [9.17, 15) is 17.6 Å². The molecular weight excluding hydrogens is 338 g/mol. The summed E-state index contributed by atoms with van der Waals surface area (Å²) in [6.45, 7) is 1.13. The summed E-state index contributed by atoms with van der Waals surface area (Å²) in [5, 5.41) is 0. The molecule has 1 aliphatic heterocycles. The molecule has 23 heavy (non-hydrogen) atoms. The predicted octanol–water partition coefficient (Wildman–Crippen LogP) is 2.40. The smallest absolute Gasteiger partial charge is 0.369 e. The van der Waals surface area contributed by atoms with E-state index in [1.54, 1.807) is 4.90 Å². The van der Waals surface area contributed by atoms with Crippen LogP contribution in [0.5, 0.6) is 0 Å². The zero-order chi connectivity index (χ0) is 16.3. The van der Waals surface area contributed by atoms with Crippen molar-refractivity contribution >= 4 is 30.0 Å². The zero-order valence-electron chi connectivity index (χ0n) is 11.7. The second-order valence-electron chi connectivity index (χ2n) is 4.48. The van der Waals surface area contributed by atoms with Gasteiger partial charge in [0.05, 0.1) is 11.3 Å². The lowest BCUT2D eigenvalue weighted by Gasteiger charge is -2.15. The first-order chi connectivity index (χ1) is 10.3. The molecule has 0 fully saturated rings. The van der Waals surface area contributed by atoms with E-state index in [2.05, 4.69) is 9.98 Å². The third-order valence-electron chi connectivity index (χ3n) is 2.87. The van der Waals surface area contributed by atoms with Gasteiger partial charge < -0.3 is 16.4 Å². The summed E-state index contributed by atoms with van der Waals surface area (Å²) in [6.07, 6.45) is -1.05. The quantitative estimate of drug-likeness (QED) is 0.353. The van der Waals surface area contributed by atoms with E-state index in [4.69, 9.17) is 11.5 Å². The second kappa shape index (κ2) is 7.32. The number of nitrogens with two attached hydrogens (primary N) is 2. The average Bonchev–Trinajstić information content (AvgIpc) is 2.93. The Morgan fingerprint density at radius 1 is 1.13 bits per heavy atom. The van der Waals surface area contributed by atoms with Crippen molar-refractivity contribution in [3.05, 3.63) is 41.7 Å². The van der Waals surface area contributed by atoms with Crippen molar-refractivity contribution in [2.75, 3.05) is 13.1 Å². The van der Waals surface area contributed by atoms with Crippen LogP contribution < -0.4 is 11.5 Å². The van der Waals surface area contributed by atoms with Gasteiger partial charge in [-0.3, -0.25) is 0 Å². The third kappa shape index (κ3) is 4.85. The SMILES string of the molecule is Cl.NC(=Nc1ccc(F)c(C(F)(F)F)c1)N=C(N)N1CC=CC1. The van der Waals surface area contributed by atoms with Gasteiger partial charge in [0.2, 0.25) is 5.96 Å². The Kier molecular flexibility index (Phi) is 5.97. The first kappa shape index (κ1) is 18.8. The monoisotopic (exact) mass is 351 g/mol. The van der Waals surface area contributed by atoms with Crippen LogP contribution in [-0.2, 0) is 6.18 Å². The highest BCUT2D eigenvalue weighted by Gasteiger charge is 2.34. The maximum atomic E-state index is 13.2. The van der Waals surface area contributed by atoms with E-state index in [1.807, 2.05) is 12.2 Å². The lowest BCUT2D eigenvalue weighted by atomic mass is 10.2. The van der Waals surface area contributed by atoms with Crippen LogP contribution in [0, 0.1) is 5.82 Å². The standard InChI is InChI=1S/C13H13F4N5.ClH/c14-10-4-3-8(7-9(10)13(15,16)17)20-11(18)21-12(19)22-5-1-2-6-22;/h1-4,7H,5-6H2,(H4,18,19,20,21);1H. The molecule has 0 saturated heterocycles. The van der Waals surface area contributed by atoms with Crippen molar-refractivity contribution in [2.45, 2.75) is 6.18 Å². The van der Waals surface area contributed by atoms with Gasteiger partial charge in [-0.05, 0) is 18.2 Å². The highest BCUT2D eigenvalue weighted by molar-refractivity contribution is 5.94. The molecule has 1 aromatic carbocycles. The van der Waals surface area contributed by atoms with Crippen LogP contribution in [0.1, 0.15) is 5.56 Å². The number of halogens is 5. The Balaban J connectivity index is 0.00000264. The minimum Gasteiger partial charge on any atom is -0.369 e. The minimum absolute atomic E-state index is 0. The fourth-order valence-electron chi connectivity index (χ4n) is 1.81. The lowest BCUT2D eigenvalue weighted by Crippen LogP contribution is -2.36. The van der Waals surface area contributed by atoms with Gasteiger partial charge in [-0.1, -0.05) is 12.2 Å². The molecule has 1 aromatic rings. The van der Waals surface area contributed by atoms with Crippen molar-refractivity contribution in [3.63, 3.8) is 0 Å². The number of alkyl halides is 3. The predicted molar refractivity (Wildman–Crippen MR) is 82.3 cm³/mol. The Hall–Kier alpha value is -2.29. The number of hydrogen-bond donors (Lipinski definition) is 2. The van der Waals surface area contributed by atoms with E-state index < -0.39 is 17.6 Å². The van der Waals surface area contributed by atoms with Crippen LogP contribution >= 0.6 is 12.4 Å². The maximum Gasteiger partial charge on any atom is 0.419 e. The fraction of sp³-hybridized carbons (Fsp3) is 0.231. The highest BCUT2D eigenvalue weighted by Crippen LogP contribution is 2.33. The van der Waals surface area contributed by atoms with Crippen LogP contribution in [0.4, 0.5) is 23.2 Å². The van der Waals surface area contributed by atoms with Crippen molar-refractivity contribution in [3.8, 4) is 0 Å². The molecule has 5 nitrogen and oxygen atoms in total. The molecule has 0 aliphatic carbocycles. The first-order valence-electron chi connectivity index (χ1n) is 6.22. The molecule has 4 N–H and O–H groups in total. The van der Waals surface area contributed by atoms with Gasteiger partial charge in [-0.25, -0.2) is 9.38 Å². The summed E-state index contributed by atoms with van der Waals surface area (Å²) in [7, 11) is 0. The van der Waals surface area contributed by atoms with Gasteiger partial charge in [0.1, 0.15) is 5.82 Å². The van der Waals surface area contributed by atoms with E-state index in [0.717, 1.165) is 6.07 Å². The minimum atomic E-state index is -4.81. The van der Waals surface area contributed by atoms with Crippen LogP contribution in [0.15, 0.2) is 40.3 Å². The van der Waals surface area contributed by atoms with Crippen LogP contribution in [0.3, 0.4) is 0 Å². The van der Waals surface area contributed by atoms with Crippen LogP contribution in [-0.4, -0.2) is 29.9 Å². The van der Waals surface area contributed by atoms with Crippen LogP contribution in [0.25, 0.3) is 0 Å². The number of guanidine groups is 2. The largest absolute Gasteiger partial charge is 0.419 e. The lowest BCUT2D eigenvalue weighted by molar-refractivity contribution is -0.139. The Morgan fingerprint density at radius 3 is 2.30 bits per heavy atom. The molecule has 1 heterocycles. The summed E-state index contributed by atoms with van der Waals surface area (Å²) >= 11 is 0. The Morgan fingerprint density at radius 2 is 1.74 bits per heavy atom. The first-order valence-corrected chi connectivity index (χ1v) is 6.22. The van der Waals surface area contributed by atoms with Gasteiger partial charge in [-0.15, -0.1) is 12.4 Å². The molecule has 0 unspecified atom stereocenters. The molecule has 0 radical (unpaired) electrons. The van der Waals surface area contributed by atoms with Crippen molar-refractivity contribution in [1.82, 2.24) is 4.90 Å². The van der Waals surface area contributed by atoms with Gasteiger partial charge in [-0.2, -0.15) is 18.2 Å². The third-order valence-corrected chi connectivity index (χ3v) is 2.87. The molecule has 0 atom stereocenters. The molecule has 0 saturated carbocycles. The summed E-state index contributed by atoms with van der Waals surface area (Å²) in [6, 6.07) is 2.30. The molecule has 1 aliphatic rings. The van der Waals surface area contributed by atoms with Gasteiger partial charge in [0.25, 0.3) is 0 Å². The van der Waals surface area contributed by atoms with Gasteiger partial charge in [0, 0.05) is 13.1 Å². The number of rotatable bonds is 1. The number of aliphatic imine (C=N–C) groups is 2. The molecule has 0 spiro atoms. The van der Waals surface area contributed by atoms with E-state index >= 15 is 0 Å². The van der Waals surface area contributed by atoms with Gasteiger partial charge in [0.15, 0.2) is 5.96 Å². The zero-order valence-corrected chi connectivity index (χ0v) is 12.5. The maximum absolute atomic E-state index is 13.2. The average molecular weight is 352 g/mol. The van der Waals surface area contributed by atoms with Crippen molar-refractivity contribution < 1.29 is 17.6 Å². The van der Waals surface area contributed by atoms with Crippen LogP contribution in [0.2, 0.25) is 0 Å². The van der Waals surface area contributed by atoms with E-state index in [1.165, 1.54) is 0 Å². The number of benzene rings is 1. The molecule has 0 aromatic heterocycles. The van der Waals surface area contributed by atoms with Gasteiger partial charge >= 0.3 is 6.18 Å². The molecule has 10 heteroatoms. The Bertz CT molecular complexity index is 646. The molecular formula is C13H14ClF4N5. The highest BCUT2D eigenvalue weighted by atomic mass is 35.5. The van der Waals surface area contributed by atoms with E-state index in [0.29, 0.717) is 25.2 Å². The molecule has 0 bridgehead atoms. The summed E-state index contributed by atoms with van der Waals surface area (Å²) < 4.78 is 51.0. The molecule has 126 valence electrons. The summed E-state index contributed by atoms with van der Waals surface area (Å²) in [4.78, 5) is 9.19. The van der Waals surface area contributed by atoms with E-state index in [-0.39, 0.29) is 30.0 Å². The topological polar surface area (TPSA) is 80.0 Å². The van der Waals surface area contributed by atoms with Crippen molar-refractivity contribution in [2.24, 2.45) is 21.5 Å². The number of hydrogen-bond acceptors (Lipinski definition) is 1. The fourth-order valence-corrected chi connectivity index (χ4v) is 1.81. The molecule has 2 rings (SSSR count). The van der Waals surface area contributed by atoms with Crippen molar-refractivity contribution in [1.29, 1.82) is 0 Å². The summed E-state index contributed by atoms with van der Waals surface area (Å²) in [5.74, 6) is -1.59. The molecule has 0 amide bonds. The Labute approximate surface area is 135 Å². The number of nitrogens with zero attached hydrogens (tertiary/aromatic N) is 3. The second-order valence-corrected chi connectivity index (χ2v) is 4.48. The normalized spacial score (nSPS) is 15.7. The summed E-state index contributed by atoms with van der Waals surface area (Å²) in [5.41, 5.74) is 9.64.